The van der Waals surface area contributed by atoms with Gasteiger partial charge in [-0.15, -0.1) is 0 Å². The van der Waals surface area contributed by atoms with Crippen molar-refractivity contribution in [1.82, 2.24) is 14.5 Å². The van der Waals surface area contributed by atoms with Crippen molar-refractivity contribution >= 4 is 43.5 Å². The van der Waals surface area contributed by atoms with Crippen molar-refractivity contribution in [3.05, 3.63) is 193 Å². The summed E-state index contributed by atoms with van der Waals surface area (Å²) in [6.07, 6.45) is 4.40. The lowest BCUT2D eigenvalue weighted by Gasteiger charge is -2.16. The van der Waals surface area contributed by atoms with Gasteiger partial charge in [0.1, 0.15) is 0 Å². The SMILES string of the molecule is c1ccc(-c2nc(-c3ccc(-n4c5ccccc5c5c6ccccc6c6c(c54)C([n+]4ccccc4)c4ccccc4-6)cc3)nc3ccccc23)cc1. The summed E-state index contributed by atoms with van der Waals surface area (Å²) in [5, 5.41) is 6.14. The van der Waals surface area contributed by atoms with Crippen LogP contribution in [0.2, 0.25) is 0 Å². The lowest BCUT2D eigenvalue weighted by Crippen LogP contribution is -2.39. The van der Waals surface area contributed by atoms with Crippen molar-refractivity contribution in [3.63, 3.8) is 0 Å². The molecule has 52 heavy (non-hydrogen) atoms. The second-order valence-corrected chi connectivity index (χ2v) is 13.5. The number of hydrogen-bond donors (Lipinski definition) is 0. The second-order valence-electron chi connectivity index (χ2n) is 13.5. The summed E-state index contributed by atoms with van der Waals surface area (Å²) >= 11 is 0. The number of hydrogen-bond acceptors (Lipinski definition) is 2. The van der Waals surface area contributed by atoms with Crippen LogP contribution in [0.1, 0.15) is 17.2 Å². The molecule has 0 saturated carbocycles. The topological polar surface area (TPSA) is 34.6 Å². The Morgan fingerprint density at radius 2 is 1.15 bits per heavy atom. The molecule has 3 heterocycles. The Morgan fingerprint density at radius 3 is 1.98 bits per heavy atom. The summed E-state index contributed by atoms with van der Waals surface area (Å²) in [7, 11) is 0. The minimum absolute atomic E-state index is 0.0178. The number of para-hydroxylation sites is 2. The summed E-state index contributed by atoms with van der Waals surface area (Å²) < 4.78 is 4.85. The molecule has 0 bridgehead atoms. The van der Waals surface area contributed by atoms with Gasteiger partial charge in [-0.1, -0.05) is 121 Å². The van der Waals surface area contributed by atoms with Crippen molar-refractivity contribution in [2.45, 2.75) is 6.04 Å². The van der Waals surface area contributed by atoms with E-state index in [1.165, 1.54) is 54.8 Å². The molecule has 4 heteroatoms. The molecule has 10 aromatic rings. The molecule has 0 saturated heterocycles. The van der Waals surface area contributed by atoms with Crippen LogP contribution in [0.3, 0.4) is 0 Å². The molecule has 0 fully saturated rings. The Morgan fingerprint density at radius 1 is 0.500 bits per heavy atom. The average Bonchev–Trinajstić information content (AvgIpc) is 3.75. The zero-order valence-electron chi connectivity index (χ0n) is 28.2. The molecule has 1 aliphatic carbocycles. The van der Waals surface area contributed by atoms with Crippen LogP contribution in [0.4, 0.5) is 0 Å². The first kappa shape index (κ1) is 28.9. The van der Waals surface area contributed by atoms with Gasteiger partial charge in [0.25, 0.3) is 0 Å². The highest BCUT2D eigenvalue weighted by Crippen LogP contribution is 2.53. The van der Waals surface area contributed by atoms with Crippen LogP contribution in [0, 0.1) is 0 Å². The number of rotatable bonds is 4. The first-order valence-electron chi connectivity index (χ1n) is 17.8. The van der Waals surface area contributed by atoms with E-state index in [-0.39, 0.29) is 6.04 Å². The van der Waals surface area contributed by atoms with E-state index in [9.17, 15) is 0 Å². The van der Waals surface area contributed by atoms with E-state index in [1.807, 2.05) is 12.1 Å². The molecule has 1 unspecified atom stereocenters. The predicted molar refractivity (Wildman–Crippen MR) is 212 cm³/mol. The standard InChI is InChI=1S/C48H31N4/c1-3-15-31(16-4-1)45-38-21-9-11-23-40(38)49-48(50-45)32-25-27-33(28-26-32)52-41-24-12-10-22-39(41)43-35-18-6-5-17-34(35)42-36-19-7-8-20-37(36)46(44(42)47(43)52)51-29-13-2-14-30-51/h1-30,46H/q+1. The average molecular weight is 664 g/mol. The Bertz CT molecular complexity index is 3000. The van der Waals surface area contributed by atoms with Crippen LogP contribution in [0.5, 0.6) is 0 Å². The van der Waals surface area contributed by atoms with E-state index in [1.54, 1.807) is 0 Å². The molecular weight excluding hydrogens is 633 g/mol. The van der Waals surface area contributed by atoms with Gasteiger partial charge in [-0.05, 0) is 52.7 Å². The molecule has 7 aromatic carbocycles. The van der Waals surface area contributed by atoms with Crippen molar-refractivity contribution < 1.29 is 4.57 Å². The summed E-state index contributed by atoms with van der Waals surface area (Å²) in [6.45, 7) is 0. The van der Waals surface area contributed by atoms with Crippen LogP contribution < -0.4 is 4.57 Å². The number of benzene rings is 7. The molecule has 0 aliphatic heterocycles. The molecule has 1 aliphatic rings. The van der Waals surface area contributed by atoms with E-state index < -0.39 is 0 Å². The fourth-order valence-electron chi connectivity index (χ4n) is 8.57. The molecule has 4 nitrogen and oxygen atoms in total. The fourth-order valence-corrected chi connectivity index (χ4v) is 8.57. The van der Waals surface area contributed by atoms with Gasteiger partial charge in [0.2, 0.25) is 6.04 Å². The quantitative estimate of drug-likeness (QED) is 0.176. The minimum atomic E-state index is 0.0178. The molecule has 11 rings (SSSR count). The molecule has 0 N–H and O–H groups in total. The van der Waals surface area contributed by atoms with Gasteiger partial charge < -0.3 is 4.57 Å². The smallest absolute Gasteiger partial charge is 0.212 e. The minimum Gasteiger partial charge on any atom is -0.309 e. The second kappa shape index (κ2) is 11.3. The molecule has 1 atom stereocenters. The molecule has 0 radical (unpaired) electrons. The van der Waals surface area contributed by atoms with Crippen LogP contribution >= 0.6 is 0 Å². The lowest BCUT2D eigenvalue weighted by atomic mass is 9.93. The Labute approximate surface area is 300 Å². The largest absolute Gasteiger partial charge is 0.309 e. The van der Waals surface area contributed by atoms with Gasteiger partial charge in [-0.25, -0.2) is 9.97 Å². The Balaban J connectivity index is 1.19. The van der Waals surface area contributed by atoms with E-state index in [4.69, 9.17) is 9.97 Å². The maximum Gasteiger partial charge on any atom is 0.212 e. The third-order valence-electron chi connectivity index (χ3n) is 10.7. The highest BCUT2D eigenvalue weighted by atomic mass is 15.0. The normalized spacial score (nSPS) is 13.6. The van der Waals surface area contributed by atoms with Gasteiger partial charge >= 0.3 is 0 Å². The van der Waals surface area contributed by atoms with E-state index in [0.717, 1.165) is 33.4 Å². The zero-order valence-corrected chi connectivity index (χ0v) is 28.2. The maximum atomic E-state index is 5.16. The van der Waals surface area contributed by atoms with E-state index >= 15 is 0 Å². The summed E-state index contributed by atoms with van der Waals surface area (Å²) in [5.74, 6) is 0.717. The van der Waals surface area contributed by atoms with Gasteiger partial charge in [0.05, 0.1) is 27.8 Å². The van der Waals surface area contributed by atoms with Crippen LogP contribution in [-0.4, -0.2) is 14.5 Å². The van der Waals surface area contributed by atoms with Crippen LogP contribution in [0.15, 0.2) is 182 Å². The van der Waals surface area contributed by atoms with Crippen LogP contribution in [0.25, 0.3) is 82.9 Å². The predicted octanol–water partition coefficient (Wildman–Crippen LogP) is 11.1. The van der Waals surface area contributed by atoms with Crippen molar-refractivity contribution in [2.24, 2.45) is 0 Å². The monoisotopic (exact) mass is 663 g/mol. The summed E-state index contributed by atoms with van der Waals surface area (Å²) in [5.41, 5.74) is 12.7. The first-order chi connectivity index (χ1) is 25.8. The molecule has 0 amide bonds. The Hall–Kier alpha value is -6.91. The first-order valence-corrected chi connectivity index (χ1v) is 17.8. The zero-order chi connectivity index (χ0) is 34.2. The van der Waals surface area contributed by atoms with Crippen molar-refractivity contribution in [2.75, 3.05) is 0 Å². The van der Waals surface area contributed by atoms with Gasteiger partial charge in [-0.3, -0.25) is 0 Å². The maximum absolute atomic E-state index is 5.16. The van der Waals surface area contributed by atoms with Gasteiger partial charge in [0.15, 0.2) is 18.2 Å². The van der Waals surface area contributed by atoms with Crippen LogP contribution in [-0.2, 0) is 0 Å². The van der Waals surface area contributed by atoms with E-state index in [0.29, 0.717) is 5.82 Å². The lowest BCUT2D eigenvalue weighted by molar-refractivity contribution is -0.704. The van der Waals surface area contributed by atoms with Crippen molar-refractivity contribution in [1.29, 1.82) is 0 Å². The van der Waals surface area contributed by atoms with Crippen molar-refractivity contribution in [3.8, 4) is 39.5 Å². The van der Waals surface area contributed by atoms with Gasteiger partial charge in [-0.2, -0.15) is 4.57 Å². The van der Waals surface area contributed by atoms with E-state index in [2.05, 4.69) is 179 Å². The third kappa shape index (κ3) is 4.18. The highest BCUT2D eigenvalue weighted by molar-refractivity contribution is 6.26. The summed E-state index contributed by atoms with van der Waals surface area (Å²) in [4.78, 5) is 10.2. The molecule has 0 spiro atoms. The molecular formula is C48H31N4+. The molecule has 242 valence electrons. The molecule has 3 aromatic heterocycles. The number of aromatic nitrogens is 4. The van der Waals surface area contributed by atoms with Gasteiger partial charge in [0, 0.05) is 56.2 Å². The number of fused-ring (bicyclic) bond motifs is 11. The highest BCUT2D eigenvalue weighted by Gasteiger charge is 2.40. The fraction of sp³-hybridized carbons (Fsp3) is 0.0208. The Kier molecular flexibility index (Phi) is 6.28. The third-order valence-corrected chi connectivity index (χ3v) is 10.7. The number of nitrogens with zero attached hydrogens (tertiary/aromatic N) is 4. The number of pyridine rings is 1. The summed E-state index contributed by atoms with van der Waals surface area (Å²) in [6, 6.07) is 60.6.